The van der Waals surface area contributed by atoms with Gasteiger partial charge in [-0.25, -0.2) is 0 Å². The zero-order valence-corrected chi connectivity index (χ0v) is 10.4. The highest BCUT2D eigenvalue weighted by Gasteiger charge is 2.47. The zero-order valence-electron chi connectivity index (χ0n) is 10.4. The van der Waals surface area contributed by atoms with Gasteiger partial charge in [0.05, 0.1) is 10.8 Å². The van der Waals surface area contributed by atoms with Gasteiger partial charge in [-0.05, 0) is 40.1 Å². The molecule has 0 aromatic heterocycles. The minimum Gasteiger partial charge on any atom is -0.333 e. The Labute approximate surface area is 96.8 Å². The molecule has 90 valence electrons. The van der Waals surface area contributed by atoms with E-state index in [1.165, 1.54) is 12.4 Å². The first-order valence-electron chi connectivity index (χ1n) is 5.05. The maximum Gasteiger partial charge on any atom is 0.230 e. The molecule has 0 aliphatic heterocycles. The Hall–Kier alpha value is -1.58. The molecule has 0 fully saturated rings. The third-order valence-corrected chi connectivity index (χ3v) is 3.16. The molecule has 0 bridgehead atoms. The quantitative estimate of drug-likeness (QED) is 0.744. The van der Waals surface area contributed by atoms with Crippen LogP contribution in [0.2, 0.25) is 0 Å². The molecule has 0 atom stereocenters. The molecule has 0 radical (unpaired) electrons. The molecule has 0 unspecified atom stereocenters. The topological polar surface area (TPSA) is 58.2 Å². The molecule has 0 aromatic carbocycles. The van der Waals surface area contributed by atoms with Crippen molar-refractivity contribution in [2.75, 3.05) is 0 Å². The average Bonchev–Trinajstić information content (AvgIpc) is 2.18. The van der Waals surface area contributed by atoms with Gasteiger partial charge in [-0.3, -0.25) is 9.59 Å². The van der Waals surface area contributed by atoms with Crippen LogP contribution in [0.3, 0.4) is 0 Å². The van der Waals surface area contributed by atoms with E-state index in [9.17, 15) is 9.59 Å². The number of hydrogen-bond donors (Lipinski definition) is 2. The second kappa shape index (κ2) is 4.96. The van der Waals surface area contributed by atoms with Crippen LogP contribution in [-0.2, 0) is 9.59 Å². The highest BCUT2D eigenvalue weighted by atomic mass is 16.2. The molecule has 4 heteroatoms. The van der Waals surface area contributed by atoms with Crippen molar-refractivity contribution in [3.05, 3.63) is 25.6 Å². The van der Waals surface area contributed by atoms with Gasteiger partial charge in [0.25, 0.3) is 0 Å². The molecular formula is C12H20N2O2. The number of amides is 2. The molecule has 2 amide bonds. The molecule has 0 saturated heterocycles. The number of carbonyl (C=O) groups excluding carboxylic acids is 2. The lowest BCUT2D eigenvalue weighted by Gasteiger charge is -2.38. The third-order valence-electron chi connectivity index (χ3n) is 3.16. The maximum atomic E-state index is 11.8. The van der Waals surface area contributed by atoms with Crippen LogP contribution in [0.4, 0.5) is 0 Å². The van der Waals surface area contributed by atoms with Crippen molar-refractivity contribution in [1.82, 2.24) is 10.6 Å². The van der Waals surface area contributed by atoms with Gasteiger partial charge in [0, 0.05) is 0 Å². The lowest BCUT2D eigenvalue weighted by atomic mass is 9.66. The van der Waals surface area contributed by atoms with Gasteiger partial charge < -0.3 is 10.6 Å². The predicted octanol–water partition coefficient (Wildman–Crippen LogP) is 1.56. The van der Waals surface area contributed by atoms with Crippen LogP contribution in [0.25, 0.3) is 0 Å². The van der Waals surface area contributed by atoms with Crippen molar-refractivity contribution in [2.45, 2.75) is 27.7 Å². The second-order valence-corrected chi connectivity index (χ2v) is 4.61. The van der Waals surface area contributed by atoms with Crippen molar-refractivity contribution in [2.24, 2.45) is 10.8 Å². The highest BCUT2D eigenvalue weighted by molar-refractivity contribution is 5.93. The molecular weight excluding hydrogens is 204 g/mol. The van der Waals surface area contributed by atoms with Crippen molar-refractivity contribution in [3.8, 4) is 0 Å². The maximum absolute atomic E-state index is 11.8. The van der Waals surface area contributed by atoms with E-state index in [1.807, 2.05) is 0 Å². The number of carbonyl (C=O) groups is 2. The Morgan fingerprint density at radius 1 is 0.875 bits per heavy atom. The van der Waals surface area contributed by atoms with Crippen LogP contribution in [0, 0.1) is 10.8 Å². The predicted molar refractivity (Wildman–Crippen MR) is 64.2 cm³/mol. The fourth-order valence-corrected chi connectivity index (χ4v) is 1.11. The van der Waals surface area contributed by atoms with Crippen LogP contribution >= 0.6 is 0 Å². The summed E-state index contributed by atoms with van der Waals surface area (Å²) in [5.41, 5.74) is -1.71. The van der Waals surface area contributed by atoms with E-state index >= 15 is 0 Å². The largest absolute Gasteiger partial charge is 0.333 e. The van der Waals surface area contributed by atoms with Gasteiger partial charge in [0.2, 0.25) is 11.8 Å². The summed E-state index contributed by atoms with van der Waals surface area (Å²) >= 11 is 0. The Bertz CT molecular complexity index is 285. The van der Waals surface area contributed by atoms with Gasteiger partial charge in [0.1, 0.15) is 0 Å². The summed E-state index contributed by atoms with van der Waals surface area (Å²) in [6.45, 7) is 13.7. The number of hydrogen-bond acceptors (Lipinski definition) is 2. The van der Waals surface area contributed by atoms with Crippen LogP contribution in [-0.4, -0.2) is 11.8 Å². The van der Waals surface area contributed by atoms with E-state index in [-0.39, 0.29) is 11.8 Å². The van der Waals surface area contributed by atoms with Crippen LogP contribution in [0.5, 0.6) is 0 Å². The third kappa shape index (κ3) is 2.51. The van der Waals surface area contributed by atoms with E-state index in [1.54, 1.807) is 27.7 Å². The van der Waals surface area contributed by atoms with E-state index < -0.39 is 10.8 Å². The lowest BCUT2D eigenvalue weighted by Crippen LogP contribution is -2.51. The molecule has 0 saturated carbocycles. The summed E-state index contributed by atoms with van der Waals surface area (Å²) in [5, 5.41) is 5.02. The summed E-state index contributed by atoms with van der Waals surface area (Å²) in [7, 11) is 0. The summed E-state index contributed by atoms with van der Waals surface area (Å²) in [4.78, 5) is 23.7. The summed E-state index contributed by atoms with van der Waals surface area (Å²) in [5.74, 6) is -0.488. The number of nitrogens with one attached hydrogen (secondary N) is 2. The molecule has 0 rings (SSSR count). The van der Waals surface area contributed by atoms with Crippen molar-refractivity contribution >= 4 is 11.8 Å². The number of rotatable bonds is 5. The average molecular weight is 224 g/mol. The van der Waals surface area contributed by atoms with Gasteiger partial charge in [-0.1, -0.05) is 13.2 Å². The van der Waals surface area contributed by atoms with Gasteiger partial charge in [-0.15, -0.1) is 0 Å². The SMILES string of the molecule is C=CNC(=O)C(C)(C)C(C)(C)C(=O)NC=C. The normalized spacial score (nSPS) is 11.5. The Morgan fingerprint density at radius 2 is 1.12 bits per heavy atom. The van der Waals surface area contributed by atoms with Crippen LogP contribution in [0.1, 0.15) is 27.7 Å². The monoisotopic (exact) mass is 224 g/mol. The summed E-state index contributed by atoms with van der Waals surface area (Å²) in [6.07, 6.45) is 2.62. The lowest BCUT2D eigenvalue weighted by molar-refractivity contribution is -0.145. The standard InChI is InChI=1S/C12H20N2O2/c1-7-13-9(15)11(3,4)12(5,6)10(16)14-8-2/h7-8H,1-2H2,3-6H3,(H,13,15)(H,14,16). The smallest absolute Gasteiger partial charge is 0.230 e. The Balaban J connectivity index is 5.10. The summed E-state index contributed by atoms with van der Waals surface area (Å²) < 4.78 is 0. The molecule has 0 aromatic rings. The first-order valence-corrected chi connectivity index (χ1v) is 5.05. The first kappa shape index (κ1) is 14.4. The molecule has 0 heterocycles. The molecule has 0 spiro atoms. The molecule has 2 N–H and O–H groups in total. The minimum absolute atomic E-state index is 0.244. The van der Waals surface area contributed by atoms with Gasteiger partial charge >= 0.3 is 0 Å². The van der Waals surface area contributed by atoms with Crippen molar-refractivity contribution in [3.63, 3.8) is 0 Å². The Morgan fingerprint density at radius 3 is 1.31 bits per heavy atom. The van der Waals surface area contributed by atoms with E-state index in [4.69, 9.17) is 0 Å². The van der Waals surface area contributed by atoms with Crippen molar-refractivity contribution in [1.29, 1.82) is 0 Å². The zero-order chi connectivity index (χ0) is 13.0. The molecule has 16 heavy (non-hydrogen) atoms. The van der Waals surface area contributed by atoms with E-state index in [0.29, 0.717) is 0 Å². The van der Waals surface area contributed by atoms with Gasteiger partial charge in [-0.2, -0.15) is 0 Å². The van der Waals surface area contributed by atoms with Crippen LogP contribution in [0.15, 0.2) is 25.6 Å². The highest BCUT2D eigenvalue weighted by Crippen LogP contribution is 2.38. The van der Waals surface area contributed by atoms with E-state index in [2.05, 4.69) is 23.8 Å². The summed E-state index contributed by atoms with van der Waals surface area (Å²) in [6, 6.07) is 0. The molecule has 0 aliphatic carbocycles. The minimum atomic E-state index is -0.853. The second-order valence-electron chi connectivity index (χ2n) is 4.61. The van der Waals surface area contributed by atoms with Gasteiger partial charge in [0.15, 0.2) is 0 Å². The van der Waals surface area contributed by atoms with Crippen LogP contribution < -0.4 is 10.6 Å². The molecule has 0 aliphatic rings. The fraction of sp³-hybridized carbons (Fsp3) is 0.500. The first-order chi connectivity index (χ1) is 7.21. The van der Waals surface area contributed by atoms with E-state index in [0.717, 1.165) is 0 Å². The Kier molecular flexibility index (Phi) is 4.47. The fourth-order valence-electron chi connectivity index (χ4n) is 1.11. The van der Waals surface area contributed by atoms with Crippen molar-refractivity contribution < 1.29 is 9.59 Å². The molecule has 4 nitrogen and oxygen atoms in total.